The highest BCUT2D eigenvalue weighted by molar-refractivity contribution is 5.86. The molecule has 0 unspecified atom stereocenters. The van der Waals surface area contributed by atoms with Crippen molar-refractivity contribution in [1.29, 1.82) is 0 Å². The van der Waals surface area contributed by atoms with Crippen LogP contribution in [0.3, 0.4) is 0 Å². The van der Waals surface area contributed by atoms with Gasteiger partial charge in [0, 0.05) is 30.7 Å². The quantitative estimate of drug-likeness (QED) is 0.455. The number of hydrogen-bond donors (Lipinski definition) is 2. The first-order valence-corrected chi connectivity index (χ1v) is 9.92. The van der Waals surface area contributed by atoms with Crippen molar-refractivity contribution < 1.29 is 4.74 Å². The molecule has 0 aliphatic heterocycles. The Morgan fingerprint density at radius 3 is 2.50 bits per heavy atom. The molecule has 0 aliphatic carbocycles. The number of anilines is 3. The van der Waals surface area contributed by atoms with Crippen LogP contribution in [0.4, 0.5) is 17.5 Å². The Morgan fingerprint density at radius 1 is 1.03 bits per heavy atom. The number of hydrogen-bond acceptors (Lipinski definition) is 7. The van der Waals surface area contributed by atoms with Crippen LogP contribution in [0.25, 0.3) is 11.2 Å². The van der Waals surface area contributed by atoms with Gasteiger partial charge in [-0.1, -0.05) is 12.1 Å². The zero-order valence-corrected chi connectivity index (χ0v) is 17.3. The van der Waals surface area contributed by atoms with E-state index >= 15 is 0 Å². The van der Waals surface area contributed by atoms with Crippen molar-refractivity contribution in [2.75, 3.05) is 24.3 Å². The average Bonchev–Trinajstić information content (AvgIpc) is 3.14. The van der Waals surface area contributed by atoms with E-state index in [1.807, 2.05) is 24.3 Å². The lowest BCUT2D eigenvalue weighted by Gasteiger charge is -2.13. The van der Waals surface area contributed by atoms with Crippen molar-refractivity contribution >= 4 is 28.6 Å². The fraction of sp³-hybridized carbons (Fsp3) is 0.273. The van der Waals surface area contributed by atoms with Crippen LogP contribution in [0.15, 0.2) is 55.1 Å². The number of pyridine rings is 1. The fourth-order valence-corrected chi connectivity index (χ4v) is 3.30. The molecule has 0 spiro atoms. The van der Waals surface area contributed by atoms with Crippen LogP contribution in [0.2, 0.25) is 0 Å². The number of benzene rings is 1. The molecule has 0 saturated heterocycles. The maximum atomic E-state index is 5.21. The second-order valence-electron chi connectivity index (χ2n) is 7.18. The molecule has 0 aliphatic rings. The molecule has 8 heteroatoms. The van der Waals surface area contributed by atoms with Crippen molar-refractivity contribution in [3.63, 3.8) is 0 Å². The first kappa shape index (κ1) is 19.6. The van der Waals surface area contributed by atoms with Crippen molar-refractivity contribution in [1.82, 2.24) is 24.5 Å². The van der Waals surface area contributed by atoms with E-state index < -0.39 is 0 Å². The molecular weight excluding hydrogens is 378 g/mol. The zero-order chi connectivity index (χ0) is 20.9. The van der Waals surface area contributed by atoms with Gasteiger partial charge in [0.2, 0.25) is 5.95 Å². The molecule has 4 aromatic rings. The Morgan fingerprint density at radius 2 is 1.80 bits per heavy atom. The molecule has 0 fully saturated rings. The highest BCUT2D eigenvalue weighted by Gasteiger charge is 2.18. The Labute approximate surface area is 175 Å². The largest absolute Gasteiger partial charge is 0.497 e. The second kappa shape index (κ2) is 8.77. The Hall–Kier alpha value is -3.68. The lowest BCUT2D eigenvalue weighted by atomic mass is 10.1. The molecule has 4 rings (SSSR count). The SMILES string of the molecule is COc1ccc(CCNc2ncnc3c2nc(Nc2ccncc2)n3C(C)C)cc1. The van der Waals surface area contributed by atoms with Crippen molar-refractivity contribution in [2.45, 2.75) is 26.3 Å². The van der Waals surface area contributed by atoms with Gasteiger partial charge in [-0.05, 0) is 50.1 Å². The molecule has 0 amide bonds. The molecule has 0 bridgehead atoms. The summed E-state index contributed by atoms with van der Waals surface area (Å²) in [6.07, 6.45) is 5.94. The number of imidazole rings is 1. The van der Waals surface area contributed by atoms with Crippen molar-refractivity contribution in [3.05, 3.63) is 60.7 Å². The number of methoxy groups -OCH3 is 1. The summed E-state index contributed by atoms with van der Waals surface area (Å²) in [7, 11) is 1.67. The van der Waals surface area contributed by atoms with Gasteiger partial charge in [-0.3, -0.25) is 9.55 Å². The molecule has 8 nitrogen and oxygen atoms in total. The molecule has 154 valence electrons. The minimum absolute atomic E-state index is 0.182. The van der Waals surface area contributed by atoms with Gasteiger partial charge in [-0.25, -0.2) is 15.0 Å². The maximum Gasteiger partial charge on any atom is 0.210 e. The van der Waals surface area contributed by atoms with Crippen molar-refractivity contribution in [2.24, 2.45) is 0 Å². The van der Waals surface area contributed by atoms with Crippen molar-refractivity contribution in [3.8, 4) is 5.75 Å². The highest BCUT2D eigenvalue weighted by Crippen LogP contribution is 2.28. The maximum absolute atomic E-state index is 5.21. The predicted octanol–water partition coefficient (Wildman–Crippen LogP) is 4.21. The van der Waals surface area contributed by atoms with E-state index in [-0.39, 0.29) is 6.04 Å². The number of nitrogens with one attached hydrogen (secondary N) is 2. The molecule has 3 heterocycles. The Bertz CT molecular complexity index is 1110. The van der Waals surface area contributed by atoms with Gasteiger partial charge in [0.15, 0.2) is 17.0 Å². The van der Waals surface area contributed by atoms with Gasteiger partial charge >= 0.3 is 0 Å². The first-order chi connectivity index (χ1) is 14.7. The van der Waals surface area contributed by atoms with Gasteiger partial charge in [0.1, 0.15) is 12.1 Å². The first-order valence-electron chi connectivity index (χ1n) is 9.92. The average molecular weight is 403 g/mol. The summed E-state index contributed by atoms with van der Waals surface area (Å²) >= 11 is 0. The van der Waals surface area contributed by atoms with Crippen LogP contribution in [-0.4, -0.2) is 38.2 Å². The van der Waals surface area contributed by atoms with E-state index in [1.54, 1.807) is 25.8 Å². The lowest BCUT2D eigenvalue weighted by molar-refractivity contribution is 0.414. The standard InChI is InChI=1S/C22H25N7O/c1-15(2)29-21-19(28-22(29)27-17-9-11-23-12-10-17)20(25-14-26-21)24-13-8-16-4-6-18(30-3)7-5-16/h4-7,9-12,14-15H,8,13H2,1-3H3,(H,23,27,28)(H,24,25,26). The summed E-state index contributed by atoms with van der Waals surface area (Å²) in [5, 5.41) is 6.78. The summed E-state index contributed by atoms with van der Waals surface area (Å²) < 4.78 is 7.29. The molecule has 0 radical (unpaired) electrons. The fourth-order valence-electron chi connectivity index (χ4n) is 3.30. The molecule has 30 heavy (non-hydrogen) atoms. The predicted molar refractivity (Wildman–Crippen MR) is 118 cm³/mol. The monoisotopic (exact) mass is 403 g/mol. The molecule has 0 atom stereocenters. The third kappa shape index (κ3) is 4.17. The minimum atomic E-state index is 0.182. The van der Waals surface area contributed by atoms with Crippen LogP contribution in [0.1, 0.15) is 25.5 Å². The van der Waals surface area contributed by atoms with E-state index in [0.717, 1.165) is 47.3 Å². The Kier molecular flexibility index (Phi) is 5.74. The van der Waals surface area contributed by atoms with Crippen LogP contribution in [0.5, 0.6) is 5.75 Å². The molecule has 3 aromatic heterocycles. The van der Waals surface area contributed by atoms with Crippen LogP contribution in [-0.2, 0) is 6.42 Å². The summed E-state index contributed by atoms with van der Waals surface area (Å²) in [5.74, 6) is 2.31. The van der Waals surface area contributed by atoms with Gasteiger partial charge in [-0.2, -0.15) is 0 Å². The van der Waals surface area contributed by atoms with Gasteiger partial charge in [0.05, 0.1) is 7.11 Å². The normalized spacial score (nSPS) is 11.1. The number of ether oxygens (including phenoxy) is 1. The lowest BCUT2D eigenvalue weighted by Crippen LogP contribution is -2.08. The Balaban J connectivity index is 1.56. The third-order valence-electron chi connectivity index (χ3n) is 4.80. The summed E-state index contributed by atoms with van der Waals surface area (Å²) in [4.78, 5) is 17.8. The topological polar surface area (TPSA) is 89.8 Å². The van der Waals surface area contributed by atoms with Gasteiger partial charge < -0.3 is 15.4 Å². The number of fused-ring (bicyclic) bond motifs is 1. The second-order valence-corrected chi connectivity index (χ2v) is 7.18. The van der Waals surface area contributed by atoms with Crippen LogP contribution < -0.4 is 15.4 Å². The molecular formula is C22H25N7O. The highest BCUT2D eigenvalue weighted by atomic mass is 16.5. The molecule has 1 aromatic carbocycles. The minimum Gasteiger partial charge on any atom is -0.497 e. The van der Waals surface area contributed by atoms with Crippen LogP contribution in [0, 0.1) is 0 Å². The van der Waals surface area contributed by atoms with E-state index in [9.17, 15) is 0 Å². The summed E-state index contributed by atoms with van der Waals surface area (Å²) in [5.41, 5.74) is 3.69. The van der Waals surface area contributed by atoms with E-state index in [4.69, 9.17) is 9.72 Å². The number of aromatic nitrogens is 5. The van der Waals surface area contributed by atoms with E-state index in [1.165, 1.54) is 5.56 Å². The van der Waals surface area contributed by atoms with E-state index in [0.29, 0.717) is 0 Å². The summed E-state index contributed by atoms with van der Waals surface area (Å²) in [6, 6.07) is 12.1. The third-order valence-corrected chi connectivity index (χ3v) is 4.80. The molecule has 2 N–H and O–H groups in total. The van der Waals surface area contributed by atoms with Crippen LogP contribution >= 0.6 is 0 Å². The van der Waals surface area contributed by atoms with E-state index in [2.05, 4.69) is 56.1 Å². The molecule has 0 saturated carbocycles. The smallest absolute Gasteiger partial charge is 0.210 e. The van der Waals surface area contributed by atoms with Gasteiger partial charge in [0.25, 0.3) is 0 Å². The zero-order valence-electron chi connectivity index (χ0n) is 17.3. The van der Waals surface area contributed by atoms with Gasteiger partial charge in [-0.15, -0.1) is 0 Å². The number of rotatable bonds is 8. The summed E-state index contributed by atoms with van der Waals surface area (Å²) in [6.45, 7) is 4.95. The number of nitrogens with zero attached hydrogens (tertiary/aromatic N) is 5.